The second-order valence-corrected chi connectivity index (χ2v) is 4.13. The van der Waals surface area contributed by atoms with E-state index >= 15 is 0 Å². The fraction of sp³-hybridized carbons (Fsp3) is 0.462. The second kappa shape index (κ2) is 6.40. The lowest BCUT2D eigenvalue weighted by Gasteiger charge is -2.15. The number of aryl methyl sites for hydroxylation is 1. The zero-order valence-corrected chi connectivity index (χ0v) is 10.3. The largest absolute Gasteiger partial charge is 0.318 e. The number of nitrogens with one attached hydrogen (secondary N) is 1. The Morgan fingerprint density at radius 3 is 2.81 bits per heavy atom. The van der Waals surface area contributed by atoms with E-state index < -0.39 is 0 Å². The molecule has 0 unspecified atom stereocenters. The minimum Gasteiger partial charge on any atom is -0.318 e. The number of Topliss-reactive ketones (excluding diaryl/α,β-unsaturated/α-hetero) is 1. The fourth-order valence-corrected chi connectivity index (χ4v) is 1.54. The molecule has 0 atom stereocenters. The molecule has 0 spiro atoms. The maximum atomic E-state index is 11.9. The van der Waals surface area contributed by atoms with Gasteiger partial charge in [-0.15, -0.1) is 0 Å². The topological polar surface area (TPSA) is 32.3 Å². The van der Waals surface area contributed by atoms with Crippen molar-refractivity contribution in [2.45, 2.75) is 6.92 Å². The van der Waals surface area contributed by atoms with Crippen molar-refractivity contribution < 1.29 is 4.79 Å². The molecule has 16 heavy (non-hydrogen) atoms. The van der Waals surface area contributed by atoms with Crippen molar-refractivity contribution in [2.24, 2.45) is 0 Å². The van der Waals surface area contributed by atoms with Gasteiger partial charge in [0.15, 0.2) is 5.78 Å². The first-order chi connectivity index (χ1) is 7.63. The van der Waals surface area contributed by atoms with Gasteiger partial charge in [0.2, 0.25) is 0 Å². The van der Waals surface area contributed by atoms with Gasteiger partial charge in [-0.25, -0.2) is 0 Å². The van der Waals surface area contributed by atoms with E-state index in [0.717, 1.165) is 24.2 Å². The Labute approximate surface area is 97.5 Å². The van der Waals surface area contributed by atoms with Gasteiger partial charge in [0.25, 0.3) is 0 Å². The van der Waals surface area contributed by atoms with Crippen molar-refractivity contribution in [2.75, 3.05) is 33.7 Å². The van der Waals surface area contributed by atoms with Gasteiger partial charge in [-0.1, -0.05) is 23.8 Å². The van der Waals surface area contributed by atoms with Crippen LogP contribution in [0.3, 0.4) is 0 Å². The summed E-state index contributed by atoms with van der Waals surface area (Å²) in [5, 5.41) is 3.07. The average molecular weight is 220 g/mol. The normalized spacial score (nSPS) is 10.8. The number of likely N-dealkylation sites (N-methyl/N-ethyl adjacent to an activating group) is 2. The van der Waals surface area contributed by atoms with E-state index in [2.05, 4.69) is 5.32 Å². The van der Waals surface area contributed by atoms with E-state index in [4.69, 9.17) is 0 Å². The molecule has 0 aromatic heterocycles. The fourth-order valence-electron chi connectivity index (χ4n) is 1.54. The molecular weight excluding hydrogens is 200 g/mol. The van der Waals surface area contributed by atoms with Crippen LogP contribution in [0.5, 0.6) is 0 Å². The predicted octanol–water partition coefficient (Wildman–Crippen LogP) is 1.33. The molecule has 1 aromatic carbocycles. The van der Waals surface area contributed by atoms with Crippen LogP contribution in [0.2, 0.25) is 0 Å². The highest BCUT2D eigenvalue weighted by Gasteiger charge is 2.08. The predicted molar refractivity (Wildman–Crippen MR) is 66.9 cm³/mol. The molecule has 1 aromatic rings. The molecule has 3 heteroatoms. The molecule has 3 nitrogen and oxygen atoms in total. The van der Waals surface area contributed by atoms with Crippen LogP contribution in [0.4, 0.5) is 0 Å². The van der Waals surface area contributed by atoms with E-state index in [0.29, 0.717) is 6.54 Å². The molecule has 88 valence electrons. The van der Waals surface area contributed by atoms with Crippen molar-refractivity contribution >= 4 is 5.78 Å². The van der Waals surface area contributed by atoms with Crippen molar-refractivity contribution in [1.82, 2.24) is 10.2 Å². The van der Waals surface area contributed by atoms with Crippen LogP contribution >= 0.6 is 0 Å². The van der Waals surface area contributed by atoms with Crippen molar-refractivity contribution in [3.05, 3.63) is 35.4 Å². The highest BCUT2D eigenvalue weighted by atomic mass is 16.1. The van der Waals surface area contributed by atoms with Gasteiger partial charge >= 0.3 is 0 Å². The Bertz CT molecular complexity index is 350. The number of hydrogen-bond acceptors (Lipinski definition) is 3. The number of rotatable bonds is 6. The molecule has 0 aliphatic heterocycles. The summed E-state index contributed by atoms with van der Waals surface area (Å²) in [6.07, 6.45) is 0. The zero-order valence-electron chi connectivity index (χ0n) is 10.3. The third-order valence-electron chi connectivity index (χ3n) is 2.50. The van der Waals surface area contributed by atoms with Gasteiger partial charge in [0, 0.05) is 18.7 Å². The number of hydrogen-bond donors (Lipinski definition) is 1. The van der Waals surface area contributed by atoms with Crippen LogP contribution in [0, 0.1) is 6.92 Å². The minimum atomic E-state index is 0.183. The molecule has 0 amide bonds. The highest BCUT2D eigenvalue weighted by Crippen LogP contribution is 2.05. The molecule has 0 heterocycles. The number of benzene rings is 1. The van der Waals surface area contributed by atoms with E-state index in [1.165, 1.54) is 0 Å². The summed E-state index contributed by atoms with van der Waals surface area (Å²) < 4.78 is 0. The summed E-state index contributed by atoms with van der Waals surface area (Å²) in [7, 11) is 3.88. The Hall–Kier alpha value is -1.19. The first-order valence-electron chi connectivity index (χ1n) is 5.56. The average Bonchev–Trinajstić information content (AvgIpc) is 2.26. The van der Waals surface area contributed by atoms with E-state index in [1.54, 1.807) is 0 Å². The summed E-state index contributed by atoms with van der Waals surface area (Å²) >= 11 is 0. The quantitative estimate of drug-likeness (QED) is 0.734. The monoisotopic (exact) mass is 220 g/mol. The van der Waals surface area contributed by atoms with Crippen molar-refractivity contribution in [1.29, 1.82) is 0 Å². The van der Waals surface area contributed by atoms with Gasteiger partial charge in [0.05, 0.1) is 6.54 Å². The Kier molecular flexibility index (Phi) is 5.15. The van der Waals surface area contributed by atoms with Crippen LogP contribution < -0.4 is 5.32 Å². The van der Waals surface area contributed by atoms with Crippen LogP contribution in [-0.4, -0.2) is 44.4 Å². The van der Waals surface area contributed by atoms with Gasteiger partial charge in [-0.2, -0.15) is 0 Å². The highest BCUT2D eigenvalue weighted by molar-refractivity contribution is 5.97. The lowest BCUT2D eigenvalue weighted by atomic mass is 10.1. The molecule has 1 N–H and O–H groups in total. The van der Waals surface area contributed by atoms with Crippen LogP contribution in [-0.2, 0) is 0 Å². The number of ketones is 1. The maximum absolute atomic E-state index is 11.9. The van der Waals surface area contributed by atoms with Crippen molar-refractivity contribution in [3.63, 3.8) is 0 Å². The Morgan fingerprint density at radius 2 is 2.19 bits per heavy atom. The van der Waals surface area contributed by atoms with E-state index in [-0.39, 0.29) is 5.78 Å². The first kappa shape index (κ1) is 12.9. The zero-order chi connectivity index (χ0) is 12.0. The smallest absolute Gasteiger partial charge is 0.176 e. The summed E-state index contributed by atoms with van der Waals surface area (Å²) in [6.45, 7) is 4.26. The summed E-state index contributed by atoms with van der Waals surface area (Å²) in [5.74, 6) is 0.183. The molecular formula is C13H20N2O. The maximum Gasteiger partial charge on any atom is 0.176 e. The van der Waals surface area contributed by atoms with Crippen LogP contribution in [0.25, 0.3) is 0 Å². The standard InChI is InChI=1S/C13H20N2O/c1-11-5-4-6-12(9-11)13(16)10-15(3)8-7-14-2/h4-6,9,14H,7-8,10H2,1-3H3. The second-order valence-electron chi connectivity index (χ2n) is 4.13. The molecule has 0 bridgehead atoms. The lowest BCUT2D eigenvalue weighted by molar-refractivity contribution is 0.0947. The first-order valence-corrected chi connectivity index (χ1v) is 5.56. The van der Waals surface area contributed by atoms with Gasteiger partial charge in [-0.05, 0) is 27.1 Å². The molecule has 0 fully saturated rings. The molecule has 0 radical (unpaired) electrons. The Balaban J connectivity index is 2.52. The van der Waals surface area contributed by atoms with Crippen LogP contribution in [0.15, 0.2) is 24.3 Å². The summed E-state index contributed by atoms with van der Waals surface area (Å²) in [4.78, 5) is 13.9. The van der Waals surface area contributed by atoms with E-state index in [1.807, 2.05) is 50.2 Å². The third-order valence-corrected chi connectivity index (χ3v) is 2.50. The van der Waals surface area contributed by atoms with Gasteiger partial charge in [-0.3, -0.25) is 9.69 Å². The summed E-state index contributed by atoms with van der Waals surface area (Å²) in [6, 6.07) is 7.74. The minimum absolute atomic E-state index is 0.183. The molecule has 0 aliphatic carbocycles. The number of nitrogens with zero attached hydrogens (tertiary/aromatic N) is 1. The van der Waals surface area contributed by atoms with E-state index in [9.17, 15) is 4.79 Å². The summed E-state index contributed by atoms with van der Waals surface area (Å²) in [5.41, 5.74) is 1.93. The third kappa shape index (κ3) is 4.13. The van der Waals surface area contributed by atoms with Gasteiger partial charge < -0.3 is 5.32 Å². The Morgan fingerprint density at radius 1 is 1.44 bits per heavy atom. The SMILES string of the molecule is CNCCN(C)CC(=O)c1cccc(C)c1. The number of carbonyl (C=O) groups excluding carboxylic acids is 1. The van der Waals surface area contributed by atoms with Crippen LogP contribution in [0.1, 0.15) is 15.9 Å². The molecule has 0 saturated heterocycles. The number of carbonyl (C=O) groups is 1. The molecule has 0 aliphatic rings. The molecule has 0 saturated carbocycles. The lowest BCUT2D eigenvalue weighted by Crippen LogP contribution is -2.31. The van der Waals surface area contributed by atoms with Crippen molar-refractivity contribution in [3.8, 4) is 0 Å². The van der Waals surface area contributed by atoms with Gasteiger partial charge in [0.1, 0.15) is 0 Å². The molecule has 1 rings (SSSR count).